The molecule has 1 saturated carbocycles. The van der Waals surface area contributed by atoms with E-state index in [0.717, 1.165) is 18.2 Å². The Morgan fingerprint density at radius 2 is 2.06 bits per heavy atom. The maximum atomic E-state index is 6.16. The van der Waals surface area contributed by atoms with Crippen LogP contribution in [0.5, 0.6) is 0 Å². The largest absolute Gasteiger partial charge is 0.298 e. The van der Waals surface area contributed by atoms with Crippen molar-refractivity contribution in [1.29, 1.82) is 0 Å². The fourth-order valence-electron chi connectivity index (χ4n) is 2.79. The maximum absolute atomic E-state index is 6.16. The molecule has 0 aromatic carbocycles. The molecule has 3 atom stereocenters. The summed E-state index contributed by atoms with van der Waals surface area (Å²) in [6.45, 7) is 6.76. The summed E-state index contributed by atoms with van der Waals surface area (Å²) in [5, 5.41) is 8.71. The lowest BCUT2D eigenvalue weighted by molar-refractivity contribution is 0.183. The molecule has 0 N–H and O–H groups in total. The van der Waals surface area contributed by atoms with Crippen LogP contribution in [0.15, 0.2) is 0 Å². The summed E-state index contributed by atoms with van der Waals surface area (Å²) in [6.07, 6.45) is 4.72. The average Bonchev–Trinajstić information content (AvgIpc) is 2.64. The quantitative estimate of drug-likeness (QED) is 0.794. The van der Waals surface area contributed by atoms with Crippen LogP contribution in [-0.2, 0) is 6.42 Å². The van der Waals surface area contributed by atoms with Crippen LogP contribution >= 0.6 is 11.6 Å². The first kappa shape index (κ1) is 11.9. The van der Waals surface area contributed by atoms with Crippen LogP contribution in [0.25, 0.3) is 0 Å². The molecule has 4 heteroatoms. The fourth-order valence-corrected chi connectivity index (χ4v) is 3.05. The zero-order chi connectivity index (χ0) is 11.7. The summed E-state index contributed by atoms with van der Waals surface area (Å²) in [5.41, 5.74) is 0. The van der Waals surface area contributed by atoms with Gasteiger partial charge >= 0.3 is 0 Å². The standard InChI is InChI=1S/C12H20ClN3/c1-4-11-14-15-12(13)16(11)10-7-5-6-8(2)9(10)3/h8-10H,4-7H2,1-3H3. The van der Waals surface area contributed by atoms with Crippen molar-refractivity contribution in [2.75, 3.05) is 0 Å². The molecule has 3 nitrogen and oxygen atoms in total. The van der Waals surface area contributed by atoms with Crippen LogP contribution < -0.4 is 0 Å². The van der Waals surface area contributed by atoms with Crippen molar-refractivity contribution < 1.29 is 0 Å². The van der Waals surface area contributed by atoms with E-state index in [9.17, 15) is 0 Å². The lowest BCUT2D eigenvalue weighted by Crippen LogP contribution is -2.28. The molecule has 1 aromatic rings. The maximum Gasteiger partial charge on any atom is 0.225 e. The molecule has 2 rings (SSSR count). The number of hydrogen-bond donors (Lipinski definition) is 0. The summed E-state index contributed by atoms with van der Waals surface area (Å²) >= 11 is 6.16. The van der Waals surface area contributed by atoms with E-state index in [4.69, 9.17) is 11.6 Å². The first-order valence-electron chi connectivity index (χ1n) is 6.24. The van der Waals surface area contributed by atoms with Gasteiger partial charge in [-0.1, -0.05) is 33.6 Å². The molecule has 0 bridgehead atoms. The van der Waals surface area contributed by atoms with Gasteiger partial charge in [-0.2, -0.15) is 0 Å². The van der Waals surface area contributed by atoms with Crippen LogP contribution in [0.2, 0.25) is 5.28 Å². The van der Waals surface area contributed by atoms with Crippen molar-refractivity contribution >= 4 is 11.6 Å². The Hall–Kier alpha value is -0.570. The predicted octanol–water partition coefficient (Wildman–Crippen LogP) is 3.49. The summed E-state index contributed by atoms with van der Waals surface area (Å²) in [7, 11) is 0. The minimum atomic E-state index is 0.487. The lowest BCUT2D eigenvalue weighted by atomic mass is 9.78. The molecular formula is C12H20ClN3. The van der Waals surface area contributed by atoms with Gasteiger partial charge in [0, 0.05) is 12.5 Å². The average molecular weight is 242 g/mol. The highest BCUT2D eigenvalue weighted by molar-refractivity contribution is 6.28. The molecule has 1 aliphatic rings. The highest BCUT2D eigenvalue weighted by Crippen LogP contribution is 2.39. The van der Waals surface area contributed by atoms with E-state index < -0.39 is 0 Å². The summed E-state index contributed by atoms with van der Waals surface area (Å²) in [6, 6.07) is 0.487. The molecule has 0 saturated heterocycles. The van der Waals surface area contributed by atoms with E-state index in [1.165, 1.54) is 19.3 Å². The Morgan fingerprint density at radius 3 is 2.75 bits per heavy atom. The lowest BCUT2D eigenvalue weighted by Gasteiger charge is -2.35. The molecule has 1 heterocycles. The van der Waals surface area contributed by atoms with Crippen LogP contribution in [0, 0.1) is 11.8 Å². The molecule has 16 heavy (non-hydrogen) atoms. The fraction of sp³-hybridized carbons (Fsp3) is 0.833. The van der Waals surface area contributed by atoms with Gasteiger partial charge in [-0.05, 0) is 29.9 Å². The summed E-state index contributed by atoms with van der Waals surface area (Å²) in [5.74, 6) is 2.45. The predicted molar refractivity (Wildman–Crippen MR) is 65.6 cm³/mol. The first-order valence-corrected chi connectivity index (χ1v) is 6.62. The van der Waals surface area contributed by atoms with Gasteiger partial charge in [0.1, 0.15) is 5.82 Å². The highest BCUT2D eigenvalue weighted by atomic mass is 35.5. The van der Waals surface area contributed by atoms with Crippen LogP contribution in [0.1, 0.15) is 51.9 Å². The second-order valence-corrected chi connectivity index (χ2v) is 5.28. The molecule has 1 fully saturated rings. The summed E-state index contributed by atoms with van der Waals surface area (Å²) in [4.78, 5) is 0. The van der Waals surface area contributed by atoms with Gasteiger partial charge in [-0.3, -0.25) is 4.57 Å². The van der Waals surface area contributed by atoms with Gasteiger partial charge in [0.15, 0.2) is 0 Å². The van der Waals surface area contributed by atoms with Gasteiger partial charge < -0.3 is 0 Å². The Kier molecular flexibility index (Phi) is 3.53. The van der Waals surface area contributed by atoms with Crippen molar-refractivity contribution in [2.24, 2.45) is 11.8 Å². The van der Waals surface area contributed by atoms with Crippen LogP contribution in [-0.4, -0.2) is 14.8 Å². The van der Waals surface area contributed by atoms with E-state index in [2.05, 4.69) is 35.5 Å². The highest BCUT2D eigenvalue weighted by Gasteiger charge is 2.31. The molecule has 90 valence electrons. The van der Waals surface area contributed by atoms with Crippen molar-refractivity contribution in [3.63, 3.8) is 0 Å². The normalized spacial score (nSPS) is 30.6. The van der Waals surface area contributed by atoms with E-state index >= 15 is 0 Å². The number of hydrogen-bond acceptors (Lipinski definition) is 2. The van der Waals surface area contributed by atoms with Gasteiger partial charge in [0.05, 0.1) is 0 Å². The van der Waals surface area contributed by atoms with E-state index in [1.54, 1.807) is 0 Å². The third-order valence-corrected chi connectivity index (χ3v) is 4.29. The van der Waals surface area contributed by atoms with E-state index in [1.807, 2.05) is 0 Å². The van der Waals surface area contributed by atoms with Crippen LogP contribution in [0.4, 0.5) is 0 Å². The minimum Gasteiger partial charge on any atom is -0.298 e. The Balaban J connectivity index is 2.31. The van der Waals surface area contributed by atoms with Gasteiger partial charge in [0.25, 0.3) is 0 Å². The Labute approximate surface area is 102 Å². The topological polar surface area (TPSA) is 30.7 Å². The van der Waals surface area contributed by atoms with Crippen molar-refractivity contribution in [3.8, 4) is 0 Å². The number of aryl methyl sites for hydroxylation is 1. The van der Waals surface area contributed by atoms with Gasteiger partial charge in [-0.25, -0.2) is 0 Å². The molecule has 0 amide bonds. The molecule has 0 radical (unpaired) electrons. The van der Waals surface area contributed by atoms with Crippen LogP contribution in [0.3, 0.4) is 0 Å². The Morgan fingerprint density at radius 1 is 1.31 bits per heavy atom. The van der Waals surface area contributed by atoms with Crippen molar-refractivity contribution in [2.45, 2.75) is 52.5 Å². The minimum absolute atomic E-state index is 0.487. The van der Waals surface area contributed by atoms with Gasteiger partial charge in [0.2, 0.25) is 5.28 Å². The smallest absolute Gasteiger partial charge is 0.225 e. The molecule has 0 aliphatic heterocycles. The summed E-state index contributed by atoms with van der Waals surface area (Å²) < 4.78 is 2.15. The second-order valence-electron chi connectivity index (χ2n) is 4.94. The number of aromatic nitrogens is 3. The molecule has 3 unspecified atom stereocenters. The Bertz CT molecular complexity index is 361. The van der Waals surface area contributed by atoms with E-state index in [-0.39, 0.29) is 0 Å². The van der Waals surface area contributed by atoms with Crippen molar-refractivity contribution in [1.82, 2.24) is 14.8 Å². The van der Waals surface area contributed by atoms with Gasteiger partial charge in [-0.15, -0.1) is 10.2 Å². The third-order valence-electron chi connectivity index (χ3n) is 4.04. The third kappa shape index (κ3) is 1.97. The number of rotatable bonds is 2. The SMILES string of the molecule is CCc1nnc(Cl)n1C1CCCC(C)C1C. The monoisotopic (exact) mass is 241 g/mol. The zero-order valence-electron chi connectivity index (χ0n) is 10.3. The number of nitrogens with zero attached hydrogens (tertiary/aromatic N) is 3. The van der Waals surface area contributed by atoms with Crippen molar-refractivity contribution in [3.05, 3.63) is 11.1 Å². The second kappa shape index (κ2) is 4.74. The molecule has 1 aromatic heterocycles. The van der Waals surface area contributed by atoms with E-state index in [0.29, 0.717) is 17.2 Å². The first-order chi connectivity index (χ1) is 7.65. The molecular weight excluding hydrogens is 222 g/mol. The number of halogens is 1. The molecule has 1 aliphatic carbocycles. The molecule has 0 spiro atoms. The zero-order valence-corrected chi connectivity index (χ0v) is 11.0.